The molecule has 0 amide bonds. The summed E-state index contributed by atoms with van der Waals surface area (Å²) in [6, 6.07) is 0. The van der Waals surface area contributed by atoms with Crippen molar-refractivity contribution in [2.24, 2.45) is 5.92 Å². The largest absolute Gasteiger partial charge is 0.507 e. The minimum absolute atomic E-state index is 0.0189. The molecule has 0 aliphatic heterocycles. The maximum absolute atomic E-state index is 10.5. The van der Waals surface area contributed by atoms with E-state index >= 15 is 0 Å². The third-order valence-electron chi connectivity index (χ3n) is 4.46. The number of aromatic hydroxyl groups is 2. The van der Waals surface area contributed by atoms with Gasteiger partial charge < -0.3 is 15.3 Å². The quantitative estimate of drug-likeness (QED) is 0.608. The molecule has 0 bridgehead atoms. The number of benzene rings is 1. The minimum Gasteiger partial charge on any atom is -0.507 e. The first-order valence-corrected chi connectivity index (χ1v) is 8.19. The summed E-state index contributed by atoms with van der Waals surface area (Å²) < 4.78 is 0. The van der Waals surface area contributed by atoms with E-state index in [-0.39, 0.29) is 23.0 Å². The Bertz CT molecular complexity index is 596. The molecule has 0 saturated carbocycles. The van der Waals surface area contributed by atoms with Gasteiger partial charge in [-0.25, -0.2) is 0 Å². The lowest BCUT2D eigenvalue weighted by Crippen LogP contribution is -2.07. The van der Waals surface area contributed by atoms with Crippen LogP contribution in [-0.2, 0) is 0 Å². The highest BCUT2D eigenvalue weighted by Gasteiger charge is 2.24. The van der Waals surface area contributed by atoms with Crippen molar-refractivity contribution < 1.29 is 15.3 Å². The van der Waals surface area contributed by atoms with Crippen LogP contribution in [0.3, 0.4) is 0 Å². The van der Waals surface area contributed by atoms with Crippen molar-refractivity contribution in [2.45, 2.75) is 60.0 Å². The SMILES string of the molecule is C=Cc1c(C)c(C)c(O)c(C(O)CC(C)CCC=C(C)C)c1O. The van der Waals surface area contributed by atoms with E-state index in [1.54, 1.807) is 13.0 Å². The van der Waals surface area contributed by atoms with Gasteiger partial charge >= 0.3 is 0 Å². The fraction of sp³-hybridized carbons (Fsp3) is 0.500. The van der Waals surface area contributed by atoms with Gasteiger partial charge in [-0.2, -0.15) is 0 Å². The first kappa shape index (κ1) is 19.3. The fourth-order valence-electron chi connectivity index (χ4n) is 2.86. The monoisotopic (exact) mass is 318 g/mol. The zero-order chi connectivity index (χ0) is 17.7. The predicted octanol–water partition coefficient (Wildman–Crippen LogP) is 5.16. The van der Waals surface area contributed by atoms with Gasteiger partial charge in [0.1, 0.15) is 11.5 Å². The molecule has 128 valence electrons. The molecule has 0 fully saturated rings. The topological polar surface area (TPSA) is 60.7 Å². The number of hydrogen-bond acceptors (Lipinski definition) is 3. The molecule has 3 N–H and O–H groups in total. The zero-order valence-electron chi connectivity index (χ0n) is 15.0. The minimum atomic E-state index is -0.894. The molecule has 23 heavy (non-hydrogen) atoms. The van der Waals surface area contributed by atoms with E-state index in [9.17, 15) is 15.3 Å². The lowest BCUT2D eigenvalue weighted by molar-refractivity contribution is 0.139. The smallest absolute Gasteiger partial charge is 0.132 e. The Morgan fingerprint density at radius 2 is 1.74 bits per heavy atom. The molecule has 0 radical (unpaired) electrons. The van der Waals surface area contributed by atoms with E-state index in [0.29, 0.717) is 17.5 Å². The number of aliphatic hydroxyl groups is 1. The summed E-state index contributed by atoms with van der Waals surface area (Å²) in [7, 11) is 0. The molecule has 1 aromatic carbocycles. The molecule has 0 aliphatic carbocycles. The molecule has 0 spiro atoms. The summed E-state index contributed by atoms with van der Waals surface area (Å²) >= 11 is 0. The standard InChI is InChI=1S/C20H30O3/c1-7-16-14(5)15(6)19(22)18(20(16)23)17(21)11-13(4)10-8-9-12(2)3/h7,9,13,17,21-23H,1,8,10-11H2,2-6H3. The van der Waals surface area contributed by atoms with E-state index in [2.05, 4.69) is 33.4 Å². The number of phenolic OH excluding ortho intramolecular Hbond substituents is 2. The number of aliphatic hydroxyl groups excluding tert-OH is 1. The van der Waals surface area contributed by atoms with Crippen LogP contribution in [0.15, 0.2) is 18.2 Å². The Morgan fingerprint density at radius 3 is 2.26 bits per heavy atom. The first-order valence-electron chi connectivity index (χ1n) is 8.19. The Hall–Kier alpha value is -1.74. The average molecular weight is 318 g/mol. The Balaban J connectivity index is 3.00. The van der Waals surface area contributed by atoms with Crippen LogP contribution in [0.5, 0.6) is 11.5 Å². The van der Waals surface area contributed by atoms with Crippen molar-refractivity contribution in [1.82, 2.24) is 0 Å². The average Bonchev–Trinajstić information content (AvgIpc) is 2.45. The first-order chi connectivity index (χ1) is 10.7. The summed E-state index contributed by atoms with van der Waals surface area (Å²) in [5.74, 6) is 0.201. The third-order valence-corrected chi connectivity index (χ3v) is 4.46. The van der Waals surface area contributed by atoms with E-state index < -0.39 is 6.10 Å². The van der Waals surface area contributed by atoms with Gasteiger partial charge in [-0.15, -0.1) is 0 Å². The Morgan fingerprint density at radius 1 is 1.13 bits per heavy atom. The molecule has 3 heteroatoms. The lowest BCUT2D eigenvalue weighted by Gasteiger charge is -2.22. The molecule has 0 aliphatic rings. The van der Waals surface area contributed by atoms with Crippen molar-refractivity contribution in [1.29, 1.82) is 0 Å². The Labute approximate surface area is 140 Å². The van der Waals surface area contributed by atoms with Crippen LogP contribution >= 0.6 is 0 Å². The molecular weight excluding hydrogens is 288 g/mol. The van der Waals surface area contributed by atoms with Crippen molar-refractivity contribution >= 4 is 6.08 Å². The normalized spacial score (nSPS) is 13.5. The molecule has 0 saturated heterocycles. The van der Waals surface area contributed by atoms with Crippen LogP contribution in [0.2, 0.25) is 0 Å². The van der Waals surface area contributed by atoms with Crippen LogP contribution in [0.25, 0.3) is 6.08 Å². The second-order valence-corrected chi connectivity index (χ2v) is 6.69. The second-order valence-electron chi connectivity index (χ2n) is 6.69. The number of allylic oxidation sites excluding steroid dienone is 2. The number of hydrogen-bond donors (Lipinski definition) is 3. The number of phenols is 2. The maximum Gasteiger partial charge on any atom is 0.132 e. The van der Waals surface area contributed by atoms with Crippen LogP contribution in [-0.4, -0.2) is 15.3 Å². The molecule has 1 rings (SSSR count). The molecule has 1 aromatic rings. The lowest BCUT2D eigenvalue weighted by atomic mass is 9.89. The molecule has 2 atom stereocenters. The van der Waals surface area contributed by atoms with E-state index in [1.165, 1.54) is 5.57 Å². The number of rotatable bonds is 7. The van der Waals surface area contributed by atoms with Gasteiger partial charge in [0.25, 0.3) is 0 Å². The highest BCUT2D eigenvalue weighted by Crippen LogP contribution is 2.43. The van der Waals surface area contributed by atoms with Gasteiger partial charge in [-0.3, -0.25) is 0 Å². The zero-order valence-corrected chi connectivity index (χ0v) is 15.0. The summed E-state index contributed by atoms with van der Waals surface area (Å²) in [5, 5.41) is 31.3. The van der Waals surface area contributed by atoms with Gasteiger partial charge in [0.05, 0.1) is 11.7 Å². The molecular formula is C20H30O3. The predicted molar refractivity (Wildman–Crippen MR) is 96.7 cm³/mol. The van der Waals surface area contributed by atoms with Crippen molar-refractivity contribution in [3.63, 3.8) is 0 Å². The molecule has 0 heterocycles. The summed E-state index contributed by atoms with van der Waals surface area (Å²) in [5.41, 5.74) is 3.54. The highest BCUT2D eigenvalue weighted by atomic mass is 16.3. The molecule has 3 nitrogen and oxygen atoms in total. The van der Waals surface area contributed by atoms with Crippen LogP contribution < -0.4 is 0 Å². The van der Waals surface area contributed by atoms with E-state index in [0.717, 1.165) is 18.4 Å². The Kier molecular flexibility index (Phi) is 6.89. The van der Waals surface area contributed by atoms with Crippen molar-refractivity contribution in [3.05, 3.63) is 40.5 Å². The van der Waals surface area contributed by atoms with E-state index in [4.69, 9.17) is 0 Å². The van der Waals surface area contributed by atoms with Crippen molar-refractivity contribution in [2.75, 3.05) is 0 Å². The van der Waals surface area contributed by atoms with Gasteiger partial charge in [0, 0.05) is 5.56 Å². The summed E-state index contributed by atoms with van der Waals surface area (Å²) in [6.07, 6.45) is 5.28. The second kappa shape index (κ2) is 8.21. The van der Waals surface area contributed by atoms with Crippen molar-refractivity contribution in [3.8, 4) is 11.5 Å². The molecule has 0 aromatic heterocycles. The van der Waals surface area contributed by atoms with Gasteiger partial charge in [-0.05, 0) is 64.0 Å². The summed E-state index contributed by atoms with van der Waals surface area (Å²) in [4.78, 5) is 0. The van der Waals surface area contributed by atoms with Gasteiger partial charge in [0.2, 0.25) is 0 Å². The van der Waals surface area contributed by atoms with E-state index in [1.807, 2.05) is 6.92 Å². The highest BCUT2D eigenvalue weighted by molar-refractivity contribution is 5.68. The maximum atomic E-state index is 10.5. The summed E-state index contributed by atoms with van der Waals surface area (Å²) in [6.45, 7) is 13.5. The van der Waals surface area contributed by atoms with Crippen LogP contribution in [0.4, 0.5) is 0 Å². The van der Waals surface area contributed by atoms with Gasteiger partial charge in [0.15, 0.2) is 0 Å². The molecule has 2 unspecified atom stereocenters. The van der Waals surface area contributed by atoms with Crippen LogP contribution in [0, 0.1) is 19.8 Å². The third kappa shape index (κ3) is 4.61. The van der Waals surface area contributed by atoms with Gasteiger partial charge in [-0.1, -0.05) is 31.2 Å². The fourth-order valence-corrected chi connectivity index (χ4v) is 2.86. The van der Waals surface area contributed by atoms with Crippen LogP contribution in [0.1, 0.15) is 68.4 Å².